The molecule has 11 heteroatoms. The van der Waals surface area contributed by atoms with Gasteiger partial charge in [-0.05, 0) is 37.1 Å². The number of amides is 1. The van der Waals surface area contributed by atoms with Crippen LogP contribution in [0.15, 0.2) is 56.4 Å². The first-order valence-electron chi connectivity index (χ1n) is 10.3. The summed E-state index contributed by atoms with van der Waals surface area (Å²) in [6, 6.07) is 11.8. The second kappa shape index (κ2) is 9.09. The number of para-hydroxylation sites is 1. The van der Waals surface area contributed by atoms with Crippen molar-refractivity contribution in [3.8, 4) is 17.7 Å². The van der Waals surface area contributed by atoms with Crippen LogP contribution in [-0.2, 0) is 14.8 Å². The summed E-state index contributed by atoms with van der Waals surface area (Å²) in [6.45, 7) is 0.967. The van der Waals surface area contributed by atoms with Crippen molar-refractivity contribution in [2.45, 2.75) is 17.7 Å². The van der Waals surface area contributed by atoms with E-state index in [-0.39, 0.29) is 34.0 Å². The van der Waals surface area contributed by atoms with Crippen LogP contribution >= 0.6 is 0 Å². The second-order valence-corrected chi connectivity index (χ2v) is 9.92. The Labute approximate surface area is 191 Å². The molecule has 3 aromatic rings. The Morgan fingerprint density at radius 3 is 2.58 bits per heavy atom. The van der Waals surface area contributed by atoms with Gasteiger partial charge in [-0.2, -0.15) is 10.2 Å². The number of carbonyl (C=O) groups is 1. The quantitative estimate of drug-likeness (QED) is 0.583. The molecule has 1 aliphatic rings. The lowest BCUT2D eigenvalue weighted by Gasteiger charge is -2.31. The minimum Gasteiger partial charge on any atom is -0.459 e. The SMILES string of the molecule is CN(C)S(=O)(=O)c1ccccc1NC(=O)C1CCN(c2oc(-c3ccco3)nc2C#N)CC1. The topological polar surface area (TPSA) is 133 Å². The summed E-state index contributed by atoms with van der Waals surface area (Å²) in [5, 5.41) is 12.2. The Balaban J connectivity index is 1.45. The van der Waals surface area contributed by atoms with Gasteiger partial charge in [-0.1, -0.05) is 12.1 Å². The number of aromatic nitrogens is 1. The smallest absolute Gasteiger partial charge is 0.266 e. The van der Waals surface area contributed by atoms with E-state index in [0.717, 1.165) is 4.31 Å². The van der Waals surface area contributed by atoms with E-state index in [1.807, 2.05) is 11.0 Å². The molecule has 4 rings (SSSR count). The Bertz CT molecular complexity index is 1280. The van der Waals surface area contributed by atoms with Crippen LogP contribution in [-0.4, -0.2) is 50.8 Å². The summed E-state index contributed by atoms with van der Waals surface area (Å²) >= 11 is 0. The van der Waals surface area contributed by atoms with Gasteiger partial charge < -0.3 is 19.1 Å². The van der Waals surface area contributed by atoms with Gasteiger partial charge in [-0.15, -0.1) is 0 Å². The van der Waals surface area contributed by atoms with Gasteiger partial charge in [-0.3, -0.25) is 4.79 Å². The molecule has 1 saturated heterocycles. The minimum atomic E-state index is -3.70. The fraction of sp³-hybridized carbons (Fsp3) is 0.318. The van der Waals surface area contributed by atoms with Crippen molar-refractivity contribution in [2.24, 2.45) is 5.92 Å². The van der Waals surface area contributed by atoms with Crippen molar-refractivity contribution in [2.75, 3.05) is 37.4 Å². The highest BCUT2D eigenvalue weighted by molar-refractivity contribution is 7.89. The molecule has 1 aliphatic heterocycles. The zero-order valence-electron chi connectivity index (χ0n) is 18.2. The van der Waals surface area contributed by atoms with Crippen LogP contribution in [0.2, 0.25) is 0 Å². The molecule has 1 fully saturated rings. The molecule has 1 amide bonds. The molecule has 3 heterocycles. The zero-order chi connectivity index (χ0) is 23.6. The maximum absolute atomic E-state index is 12.9. The lowest BCUT2D eigenvalue weighted by atomic mass is 9.96. The molecule has 2 aromatic heterocycles. The first kappa shape index (κ1) is 22.6. The summed E-state index contributed by atoms with van der Waals surface area (Å²) < 4.78 is 37.3. The number of sulfonamides is 1. The van der Waals surface area contributed by atoms with Crippen molar-refractivity contribution in [3.05, 3.63) is 48.4 Å². The van der Waals surface area contributed by atoms with Gasteiger partial charge in [0.05, 0.1) is 12.0 Å². The Morgan fingerprint density at radius 2 is 1.94 bits per heavy atom. The van der Waals surface area contributed by atoms with Crippen molar-refractivity contribution >= 4 is 27.5 Å². The number of rotatable bonds is 6. The molecule has 0 unspecified atom stereocenters. The van der Waals surface area contributed by atoms with E-state index in [1.54, 1.807) is 30.3 Å². The Morgan fingerprint density at radius 1 is 1.21 bits per heavy atom. The summed E-state index contributed by atoms with van der Waals surface area (Å²) in [5.74, 6) is 0.452. The highest BCUT2D eigenvalue weighted by Crippen LogP contribution is 2.32. The standard InChI is InChI=1S/C22H23N5O5S/c1-26(2)33(29,30)19-8-4-3-6-16(19)24-20(28)15-9-11-27(12-10-15)22-17(14-23)25-21(32-22)18-7-5-13-31-18/h3-8,13,15H,9-12H2,1-2H3,(H,24,28). The number of nitrogens with zero attached hydrogens (tertiary/aromatic N) is 4. The van der Waals surface area contributed by atoms with Crippen LogP contribution in [0.5, 0.6) is 0 Å². The highest BCUT2D eigenvalue weighted by atomic mass is 32.2. The average Bonchev–Trinajstić information content (AvgIpc) is 3.49. The van der Waals surface area contributed by atoms with Crippen molar-refractivity contribution in [1.29, 1.82) is 5.26 Å². The number of nitrogens with one attached hydrogen (secondary N) is 1. The number of hydrogen-bond acceptors (Lipinski definition) is 8. The van der Waals surface area contributed by atoms with Gasteiger partial charge >= 0.3 is 0 Å². The Hall–Kier alpha value is -3.62. The number of hydrogen-bond donors (Lipinski definition) is 1. The van der Waals surface area contributed by atoms with Crippen molar-refractivity contribution in [1.82, 2.24) is 9.29 Å². The molecule has 0 saturated carbocycles. The third-order valence-electron chi connectivity index (χ3n) is 5.50. The van der Waals surface area contributed by atoms with Crippen LogP contribution in [0, 0.1) is 17.2 Å². The van der Waals surface area contributed by atoms with E-state index >= 15 is 0 Å². The van der Waals surface area contributed by atoms with Crippen LogP contribution in [0.3, 0.4) is 0 Å². The van der Waals surface area contributed by atoms with Gasteiger partial charge in [0.25, 0.3) is 5.89 Å². The predicted molar refractivity (Wildman–Crippen MR) is 120 cm³/mol. The Kier molecular flexibility index (Phi) is 6.22. The molecular weight excluding hydrogens is 446 g/mol. The van der Waals surface area contributed by atoms with Gasteiger partial charge in [0.2, 0.25) is 27.5 Å². The number of benzene rings is 1. The summed E-state index contributed by atoms with van der Waals surface area (Å²) in [6.07, 6.45) is 2.52. The number of carbonyl (C=O) groups excluding carboxylic acids is 1. The van der Waals surface area contributed by atoms with E-state index in [1.165, 1.54) is 26.4 Å². The van der Waals surface area contributed by atoms with Crippen LogP contribution in [0.1, 0.15) is 18.5 Å². The van der Waals surface area contributed by atoms with Gasteiger partial charge in [0.15, 0.2) is 5.76 Å². The third-order valence-corrected chi connectivity index (χ3v) is 7.38. The van der Waals surface area contributed by atoms with Crippen LogP contribution < -0.4 is 10.2 Å². The molecule has 172 valence electrons. The minimum absolute atomic E-state index is 0.0477. The number of furan rings is 1. The van der Waals surface area contributed by atoms with Crippen molar-refractivity contribution in [3.63, 3.8) is 0 Å². The monoisotopic (exact) mass is 469 g/mol. The molecule has 0 bridgehead atoms. The number of nitriles is 1. The molecule has 33 heavy (non-hydrogen) atoms. The lowest BCUT2D eigenvalue weighted by molar-refractivity contribution is -0.120. The van der Waals surface area contributed by atoms with E-state index < -0.39 is 10.0 Å². The number of piperidine rings is 1. The molecule has 0 spiro atoms. The normalized spacial score (nSPS) is 14.9. The summed E-state index contributed by atoms with van der Waals surface area (Å²) in [4.78, 5) is 19.0. The third kappa shape index (κ3) is 4.48. The number of oxazole rings is 1. The first-order chi connectivity index (χ1) is 15.8. The maximum atomic E-state index is 12.9. The molecule has 1 aromatic carbocycles. The van der Waals surface area contributed by atoms with E-state index in [4.69, 9.17) is 8.83 Å². The van der Waals surface area contributed by atoms with E-state index in [2.05, 4.69) is 10.3 Å². The van der Waals surface area contributed by atoms with E-state index in [0.29, 0.717) is 37.6 Å². The van der Waals surface area contributed by atoms with Crippen LogP contribution in [0.4, 0.5) is 11.6 Å². The van der Waals surface area contributed by atoms with Gasteiger partial charge in [-0.25, -0.2) is 12.7 Å². The lowest BCUT2D eigenvalue weighted by Crippen LogP contribution is -2.38. The predicted octanol–water partition coefficient (Wildman–Crippen LogP) is 2.91. The maximum Gasteiger partial charge on any atom is 0.266 e. The summed E-state index contributed by atoms with van der Waals surface area (Å²) in [7, 11) is -0.811. The highest BCUT2D eigenvalue weighted by Gasteiger charge is 2.30. The van der Waals surface area contributed by atoms with Crippen LogP contribution in [0.25, 0.3) is 11.7 Å². The molecule has 1 N–H and O–H groups in total. The number of anilines is 2. The zero-order valence-corrected chi connectivity index (χ0v) is 19.0. The fourth-order valence-corrected chi connectivity index (χ4v) is 4.72. The molecule has 0 atom stereocenters. The molecule has 0 aliphatic carbocycles. The van der Waals surface area contributed by atoms with Crippen molar-refractivity contribution < 1.29 is 22.0 Å². The summed E-state index contributed by atoms with van der Waals surface area (Å²) in [5.41, 5.74) is 0.413. The first-order valence-corrected chi connectivity index (χ1v) is 11.8. The molecule has 10 nitrogen and oxygen atoms in total. The average molecular weight is 470 g/mol. The largest absolute Gasteiger partial charge is 0.459 e. The molecular formula is C22H23N5O5S. The fourth-order valence-electron chi connectivity index (χ4n) is 3.68. The molecule has 0 radical (unpaired) electrons. The van der Waals surface area contributed by atoms with Gasteiger partial charge in [0.1, 0.15) is 11.0 Å². The van der Waals surface area contributed by atoms with E-state index in [9.17, 15) is 18.5 Å². The van der Waals surface area contributed by atoms with Gasteiger partial charge in [0, 0.05) is 33.1 Å². The second-order valence-electron chi connectivity index (χ2n) is 7.80.